The Hall–Kier alpha value is -0.120. The molecule has 1 aliphatic heterocycles. The molecule has 3 heteroatoms. The van der Waals surface area contributed by atoms with Crippen molar-refractivity contribution in [2.45, 2.75) is 52.0 Å². The quantitative estimate of drug-likeness (QED) is 0.657. The molecule has 0 aromatic rings. The zero-order valence-electron chi connectivity index (χ0n) is 10.3. The van der Waals surface area contributed by atoms with Gasteiger partial charge in [0.25, 0.3) is 0 Å². The lowest BCUT2D eigenvalue weighted by molar-refractivity contribution is 0.00425. The Morgan fingerprint density at radius 1 is 1.20 bits per heavy atom. The predicted molar refractivity (Wildman–Crippen MR) is 63.7 cm³/mol. The Labute approximate surface area is 94.1 Å². The van der Waals surface area contributed by atoms with E-state index in [2.05, 4.69) is 24.3 Å². The molecule has 0 radical (unpaired) electrons. The second-order valence-electron chi connectivity index (χ2n) is 4.48. The van der Waals surface area contributed by atoms with Crippen molar-refractivity contribution in [2.24, 2.45) is 0 Å². The van der Waals surface area contributed by atoms with Crippen LogP contribution in [0.15, 0.2) is 0 Å². The van der Waals surface area contributed by atoms with E-state index in [0.29, 0.717) is 6.04 Å². The summed E-state index contributed by atoms with van der Waals surface area (Å²) in [6, 6.07) is 0.611. The summed E-state index contributed by atoms with van der Waals surface area (Å²) in [4.78, 5) is 0. The summed E-state index contributed by atoms with van der Waals surface area (Å²) in [5.74, 6) is 0. The number of nitrogens with zero attached hydrogens (tertiary/aromatic N) is 1. The molecule has 0 bridgehead atoms. The van der Waals surface area contributed by atoms with Crippen molar-refractivity contribution in [1.29, 1.82) is 0 Å². The number of hydrazine groups is 1. The standard InChI is InChI=1S/C12H26N2O/c1-3-4-5-6-7-12(2)13-14-8-10-15-11-9-14/h12-13H,3-11H2,1-2H3. The van der Waals surface area contributed by atoms with Crippen LogP contribution in [0.2, 0.25) is 0 Å². The molecule has 1 unspecified atom stereocenters. The number of nitrogens with one attached hydrogen (secondary N) is 1. The maximum Gasteiger partial charge on any atom is 0.0608 e. The van der Waals surface area contributed by atoms with Gasteiger partial charge in [0.15, 0.2) is 0 Å². The fourth-order valence-corrected chi connectivity index (χ4v) is 1.95. The Balaban J connectivity index is 1.98. The van der Waals surface area contributed by atoms with Crippen LogP contribution in [-0.4, -0.2) is 37.4 Å². The number of morpholine rings is 1. The summed E-state index contributed by atoms with van der Waals surface area (Å²) in [7, 11) is 0. The monoisotopic (exact) mass is 214 g/mol. The van der Waals surface area contributed by atoms with Crippen LogP contribution in [0.5, 0.6) is 0 Å². The van der Waals surface area contributed by atoms with Crippen LogP contribution in [0, 0.1) is 0 Å². The molecule has 0 aromatic carbocycles. The zero-order valence-corrected chi connectivity index (χ0v) is 10.3. The molecular weight excluding hydrogens is 188 g/mol. The number of hydrogen-bond donors (Lipinski definition) is 1. The Kier molecular flexibility index (Phi) is 6.98. The molecule has 0 spiro atoms. The SMILES string of the molecule is CCCCCCC(C)NN1CCOCC1. The molecular formula is C12H26N2O. The molecule has 15 heavy (non-hydrogen) atoms. The molecule has 1 rings (SSSR count). The molecule has 1 heterocycles. The maximum atomic E-state index is 5.31. The van der Waals surface area contributed by atoms with Crippen molar-refractivity contribution in [3.63, 3.8) is 0 Å². The highest BCUT2D eigenvalue weighted by Crippen LogP contribution is 2.06. The summed E-state index contributed by atoms with van der Waals surface area (Å²) >= 11 is 0. The third-order valence-electron chi connectivity index (χ3n) is 2.90. The molecule has 1 fully saturated rings. The van der Waals surface area contributed by atoms with E-state index < -0.39 is 0 Å². The van der Waals surface area contributed by atoms with E-state index in [1.807, 2.05) is 0 Å². The number of unbranched alkanes of at least 4 members (excludes halogenated alkanes) is 3. The highest BCUT2D eigenvalue weighted by atomic mass is 16.5. The van der Waals surface area contributed by atoms with Crippen LogP contribution in [-0.2, 0) is 4.74 Å². The average molecular weight is 214 g/mol. The highest BCUT2D eigenvalue weighted by molar-refractivity contribution is 4.63. The van der Waals surface area contributed by atoms with E-state index in [4.69, 9.17) is 4.74 Å². The molecule has 1 aliphatic rings. The second-order valence-corrected chi connectivity index (χ2v) is 4.48. The van der Waals surface area contributed by atoms with Gasteiger partial charge in [0.05, 0.1) is 13.2 Å². The number of rotatable bonds is 7. The molecule has 0 amide bonds. The molecule has 3 nitrogen and oxygen atoms in total. The minimum Gasteiger partial charge on any atom is -0.379 e. The second kappa shape index (κ2) is 8.08. The molecule has 0 saturated carbocycles. The predicted octanol–water partition coefficient (Wildman–Crippen LogP) is 2.18. The van der Waals surface area contributed by atoms with E-state index in [0.717, 1.165) is 26.3 Å². The van der Waals surface area contributed by atoms with Crippen molar-refractivity contribution in [1.82, 2.24) is 10.4 Å². The molecule has 1 N–H and O–H groups in total. The topological polar surface area (TPSA) is 24.5 Å². The maximum absolute atomic E-state index is 5.31. The van der Waals surface area contributed by atoms with E-state index in [-0.39, 0.29) is 0 Å². The van der Waals surface area contributed by atoms with Crippen molar-refractivity contribution in [2.75, 3.05) is 26.3 Å². The minimum absolute atomic E-state index is 0.611. The summed E-state index contributed by atoms with van der Waals surface area (Å²) < 4.78 is 5.31. The van der Waals surface area contributed by atoms with Crippen molar-refractivity contribution < 1.29 is 4.74 Å². The Morgan fingerprint density at radius 3 is 2.60 bits per heavy atom. The average Bonchev–Trinajstić information content (AvgIpc) is 2.26. The van der Waals surface area contributed by atoms with Gasteiger partial charge in [-0.15, -0.1) is 0 Å². The number of hydrogen-bond acceptors (Lipinski definition) is 3. The largest absolute Gasteiger partial charge is 0.379 e. The van der Waals surface area contributed by atoms with Gasteiger partial charge >= 0.3 is 0 Å². The van der Waals surface area contributed by atoms with Gasteiger partial charge in [-0.05, 0) is 13.3 Å². The zero-order chi connectivity index (χ0) is 10.9. The van der Waals surface area contributed by atoms with Crippen LogP contribution in [0.3, 0.4) is 0 Å². The third-order valence-corrected chi connectivity index (χ3v) is 2.90. The van der Waals surface area contributed by atoms with Crippen molar-refractivity contribution >= 4 is 0 Å². The van der Waals surface area contributed by atoms with Gasteiger partial charge in [0.1, 0.15) is 0 Å². The minimum atomic E-state index is 0.611. The lowest BCUT2D eigenvalue weighted by atomic mass is 10.1. The van der Waals surface area contributed by atoms with Crippen molar-refractivity contribution in [3.05, 3.63) is 0 Å². The summed E-state index contributed by atoms with van der Waals surface area (Å²) in [6.07, 6.45) is 6.73. The summed E-state index contributed by atoms with van der Waals surface area (Å²) in [5.41, 5.74) is 3.55. The van der Waals surface area contributed by atoms with E-state index in [1.54, 1.807) is 0 Å². The summed E-state index contributed by atoms with van der Waals surface area (Å²) in [5, 5.41) is 2.30. The van der Waals surface area contributed by atoms with Gasteiger partial charge in [0.2, 0.25) is 0 Å². The van der Waals surface area contributed by atoms with Gasteiger partial charge in [-0.2, -0.15) is 0 Å². The van der Waals surface area contributed by atoms with Gasteiger partial charge in [-0.25, -0.2) is 5.01 Å². The number of ether oxygens (including phenoxy) is 1. The first-order valence-electron chi connectivity index (χ1n) is 6.41. The fraction of sp³-hybridized carbons (Fsp3) is 1.00. The van der Waals surface area contributed by atoms with Crippen LogP contribution < -0.4 is 5.43 Å². The fourth-order valence-electron chi connectivity index (χ4n) is 1.95. The normalized spacial score (nSPS) is 20.4. The third kappa shape index (κ3) is 6.13. The molecule has 1 atom stereocenters. The molecule has 0 aliphatic carbocycles. The van der Waals surface area contributed by atoms with Crippen LogP contribution in [0.1, 0.15) is 46.0 Å². The highest BCUT2D eigenvalue weighted by Gasteiger charge is 2.12. The van der Waals surface area contributed by atoms with Gasteiger partial charge in [-0.3, -0.25) is 5.43 Å². The van der Waals surface area contributed by atoms with E-state index >= 15 is 0 Å². The lowest BCUT2D eigenvalue weighted by Crippen LogP contribution is -2.49. The molecule has 90 valence electrons. The van der Waals surface area contributed by atoms with Crippen LogP contribution in [0.4, 0.5) is 0 Å². The van der Waals surface area contributed by atoms with Crippen molar-refractivity contribution in [3.8, 4) is 0 Å². The van der Waals surface area contributed by atoms with Crippen LogP contribution in [0.25, 0.3) is 0 Å². The van der Waals surface area contributed by atoms with E-state index in [1.165, 1.54) is 32.1 Å². The molecule has 0 aromatic heterocycles. The smallest absolute Gasteiger partial charge is 0.0608 e. The van der Waals surface area contributed by atoms with Crippen LogP contribution >= 0.6 is 0 Å². The van der Waals surface area contributed by atoms with Gasteiger partial charge in [-0.1, -0.05) is 32.6 Å². The van der Waals surface area contributed by atoms with E-state index in [9.17, 15) is 0 Å². The molecule has 1 saturated heterocycles. The van der Waals surface area contributed by atoms with Gasteiger partial charge < -0.3 is 4.74 Å². The first kappa shape index (κ1) is 12.9. The first-order chi connectivity index (χ1) is 7.33. The summed E-state index contributed by atoms with van der Waals surface area (Å²) in [6.45, 7) is 8.33. The first-order valence-corrected chi connectivity index (χ1v) is 6.41. The lowest BCUT2D eigenvalue weighted by Gasteiger charge is -2.30. The van der Waals surface area contributed by atoms with Gasteiger partial charge in [0, 0.05) is 19.1 Å². The Bertz CT molecular complexity index is 147. The Morgan fingerprint density at radius 2 is 1.93 bits per heavy atom.